The number of pyridine rings is 5. The van der Waals surface area contributed by atoms with E-state index < -0.39 is 24.5 Å². The van der Waals surface area contributed by atoms with E-state index in [4.69, 9.17) is 53.8 Å². The van der Waals surface area contributed by atoms with Crippen LogP contribution in [0.15, 0.2) is 193 Å². The minimum absolute atomic E-state index is 0.205. The fraction of sp³-hybridized carbons (Fsp3) is 0.275. The van der Waals surface area contributed by atoms with Crippen LogP contribution in [0.2, 0.25) is 5.02 Å². The number of carbonyl (C=O) groups is 4. The summed E-state index contributed by atoms with van der Waals surface area (Å²) in [6.07, 6.45) is 17.2. The Kier molecular flexibility index (Phi) is 37.8. The first kappa shape index (κ1) is 83.3. The van der Waals surface area contributed by atoms with Crippen molar-refractivity contribution in [1.82, 2.24) is 24.9 Å². The number of aromatic nitrogens is 5. The van der Waals surface area contributed by atoms with Gasteiger partial charge in [0.2, 0.25) is 0 Å². The molecule has 0 bridgehead atoms. The summed E-state index contributed by atoms with van der Waals surface area (Å²) in [5.74, 6) is -1.53. The maximum atomic E-state index is 12.1. The van der Waals surface area contributed by atoms with Crippen LogP contribution in [-0.2, 0) is 33.4 Å². The molecule has 5 heterocycles. The van der Waals surface area contributed by atoms with Gasteiger partial charge in [-0.3, -0.25) is 39.1 Å². The Morgan fingerprint density at radius 1 is 0.532 bits per heavy atom. The molecule has 0 saturated heterocycles. The van der Waals surface area contributed by atoms with Crippen LogP contribution in [0, 0.1) is 45.4 Å². The molecule has 0 radical (unpaired) electrons. The summed E-state index contributed by atoms with van der Waals surface area (Å²) in [4.78, 5) is 67.6. The lowest BCUT2D eigenvalue weighted by Crippen LogP contribution is -2.30. The summed E-state index contributed by atoms with van der Waals surface area (Å²) < 4.78 is 15.6. The van der Waals surface area contributed by atoms with E-state index in [2.05, 4.69) is 107 Å². The molecule has 8 aromatic rings. The maximum Gasteiger partial charge on any atom is 0.322 e. The van der Waals surface area contributed by atoms with E-state index in [0.29, 0.717) is 36.0 Å². The second kappa shape index (κ2) is 42.6. The number of halogens is 5. The van der Waals surface area contributed by atoms with Crippen LogP contribution >= 0.6 is 123 Å². The fourth-order valence-electron chi connectivity index (χ4n) is 6.52. The van der Waals surface area contributed by atoms with Crippen LogP contribution in [0.5, 0.6) is 0 Å². The number of carboxylic acid groups (broad SMARTS) is 1. The number of aromatic amines is 1. The highest BCUT2D eigenvalue weighted by Gasteiger charge is 2.33. The molecular formula is C69H71Br4ClN8O8S4. The van der Waals surface area contributed by atoms with Crippen molar-refractivity contribution in [3.8, 4) is 40.5 Å². The lowest BCUT2D eigenvalue weighted by atomic mass is 10.1. The third-order valence-electron chi connectivity index (χ3n) is 11.5. The van der Waals surface area contributed by atoms with E-state index in [1.54, 1.807) is 135 Å². The Hall–Kier alpha value is -6.76. The minimum Gasteiger partial charge on any atom is -0.480 e. The number of rotatable bonds is 15. The van der Waals surface area contributed by atoms with Gasteiger partial charge in [-0.15, -0.1) is 35.3 Å². The minimum atomic E-state index is -0.928. The van der Waals surface area contributed by atoms with E-state index in [9.17, 15) is 24.3 Å². The molecule has 494 valence electrons. The fourth-order valence-corrected chi connectivity index (χ4v) is 11.0. The second-order valence-electron chi connectivity index (χ2n) is 20.8. The van der Waals surface area contributed by atoms with E-state index in [0.717, 1.165) is 60.4 Å². The summed E-state index contributed by atoms with van der Waals surface area (Å²) in [6.45, 7) is 22.8. The smallest absolute Gasteiger partial charge is 0.322 e. The zero-order chi connectivity index (χ0) is 70.7. The standard InChI is InChI=1S/C18H18N2O2S.C16H14N2O2S.C11H14BrNO2S.C8H7N.C6H11BrO2.C5H3BrClN.C5H4BrNS/c1-4-22-17(21)18(2,3)23-16-9-10-20-12-15(16)14-7-5-13(11-19)6-8-14;1-16(2,15(19)20)21-14-7-8-18-10-13(14)12-5-3-11(9-17)4-6-12;1-4-15-10(14)11(2,3)16-9-5-6-13-7-8(9)12;1-7-2-4-8(6-9)5-3-7;1-4-9-5(8)6(2,3)7;6-4-3-8-2-1-5(4)7;6-4-3-7-2-1-5(4)8/h5-10,12H,4H2,1-3H3;3-8,10H,1-2H3,(H,19,20);5-7H,4H2,1-3H3;2-5H,1H3;4H2,1-3H3;1-3H;1-3H,(H,7,8). The van der Waals surface area contributed by atoms with Crippen molar-refractivity contribution in [1.29, 1.82) is 15.8 Å². The summed E-state index contributed by atoms with van der Waals surface area (Å²) in [5.41, 5.74) is 6.77. The molecule has 25 heteroatoms. The van der Waals surface area contributed by atoms with Crippen LogP contribution in [-0.4, -0.2) is 92.3 Å². The Labute approximate surface area is 607 Å². The van der Waals surface area contributed by atoms with Gasteiger partial charge in [-0.1, -0.05) is 81.7 Å². The number of carboxylic acids is 1. The lowest BCUT2D eigenvalue weighted by Gasteiger charge is -2.23. The molecule has 0 aliphatic carbocycles. The third kappa shape index (κ3) is 30.8. The Balaban J connectivity index is 0.000000390. The number of nitrogens with one attached hydrogen (secondary N) is 1. The number of aliphatic carboxylic acids is 1. The van der Waals surface area contributed by atoms with E-state index in [1.807, 2.05) is 114 Å². The number of aryl methyl sites for hydroxylation is 1. The topological polar surface area (TPSA) is 255 Å². The molecule has 0 amide bonds. The van der Waals surface area contributed by atoms with E-state index in [-0.39, 0.29) is 17.9 Å². The van der Waals surface area contributed by atoms with Crippen molar-refractivity contribution in [3.63, 3.8) is 0 Å². The van der Waals surface area contributed by atoms with Crippen LogP contribution in [0.25, 0.3) is 22.3 Å². The quantitative estimate of drug-likeness (QED) is 0.0318. The first-order valence-corrected chi connectivity index (χ1v) is 34.8. The first-order valence-electron chi connectivity index (χ1n) is 28.3. The van der Waals surface area contributed by atoms with Gasteiger partial charge in [-0.25, -0.2) is 0 Å². The van der Waals surface area contributed by atoms with Gasteiger partial charge >= 0.3 is 23.9 Å². The highest BCUT2D eigenvalue weighted by Crippen LogP contribution is 2.41. The van der Waals surface area contributed by atoms with Crippen LogP contribution < -0.4 is 0 Å². The number of nitriles is 3. The van der Waals surface area contributed by atoms with Crippen molar-refractivity contribution < 1.29 is 38.5 Å². The average molecular weight is 1620 g/mol. The zero-order valence-electron chi connectivity index (χ0n) is 53.7. The molecule has 16 nitrogen and oxygen atoms in total. The van der Waals surface area contributed by atoms with Gasteiger partial charge in [0.25, 0.3) is 0 Å². The molecule has 0 atom stereocenters. The van der Waals surface area contributed by atoms with Gasteiger partial charge in [-0.05, 0) is 209 Å². The first-order chi connectivity index (χ1) is 44.3. The summed E-state index contributed by atoms with van der Waals surface area (Å²) in [7, 11) is 0. The van der Waals surface area contributed by atoms with Crippen LogP contribution in [0.4, 0.5) is 0 Å². The number of H-pyrrole nitrogens is 1. The molecule has 0 aliphatic rings. The SMILES string of the molecule is CC(C)(Sc1ccncc1-c1ccc(C#N)cc1)C(=O)O.CCOC(=O)C(C)(C)Br.CCOC(=O)C(C)(C)Sc1ccncc1-c1ccc(C#N)cc1.CCOC(=O)C(C)(C)Sc1ccncc1Br.Cc1ccc(C#N)cc1.Clc1ccncc1Br.S=c1cc[nH]cc1Br. The van der Waals surface area contributed by atoms with Gasteiger partial charge in [0.15, 0.2) is 0 Å². The molecular weight excluding hydrogens is 1550 g/mol. The maximum absolute atomic E-state index is 12.1. The van der Waals surface area contributed by atoms with Gasteiger partial charge in [0.1, 0.15) is 18.6 Å². The number of thioether (sulfide) groups is 3. The number of hydrogen-bond acceptors (Lipinski definition) is 18. The van der Waals surface area contributed by atoms with Gasteiger partial charge in [0.05, 0.1) is 73.2 Å². The van der Waals surface area contributed by atoms with Crippen molar-refractivity contribution in [2.45, 2.75) is 116 Å². The lowest BCUT2D eigenvalue weighted by molar-refractivity contribution is -0.145. The number of carbonyl (C=O) groups excluding carboxylic acids is 3. The molecule has 0 spiro atoms. The molecule has 3 aromatic carbocycles. The molecule has 2 N–H and O–H groups in total. The second-order valence-corrected chi connectivity index (χ2v) is 31.2. The summed E-state index contributed by atoms with van der Waals surface area (Å²) in [5, 5.41) is 36.1. The highest BCUT2D eigenvalue weighted by atomic mass is 79.9. The highest BCUT2D eigenvalue weighted by molar-refractivity contribution is 9.11. The molecule has 0 fully saturated rings. The number of ether oxygens (including phenoxy) is 3. The van der Waals surface area contributed by atoms with Crippen LogP contribution in [0.3, 0.4) is 0 Å². The predicted octanol–water partition coefficient (Wildman–Crippen LogP) is 19.5. The average Bonchev–Trinajstić information content (AvgIpc) is 0.867. The summed E-state index contributed by atoms with van der Waals surface area (Å²) >= 11 is 27.7. The normalized spacial score (nSPS) is 10.4. The van der Waals surface area contributed by atoms with Gasteiger partial charge in [0, 0.05) is 92.3 Å². The van der Waals surface area contributed by atoms with Crippen molar-refractivity contribution in [2.75, 3.05) is 19.8 Å². The van der Waals surface area contributed by atoms with E-state index >= 15 is 0 Å². The number of hydrogen-bond donors (Lipinski definition) is 2. The largest absolute Gasteiger partial charge is 0.480 e. The van der Waals surface area contributed by atoms with Gasteiger partial charge < -0.3 is 24.3 Å². The van der Waals surface area contributed by atoms with Gasteiger partial charge in [-0.2, -0.15) is 15.8 Å². The number of esters is 3. The molecule has 0 aliphatic heterocycles. The van der Waals surface area contributed by atoms with Crippen molar-refractivity contribution in [2.24, 2.45) is 0 Å². The Bertz CT molecular complexity index is 3890. The molecule has 5 aromatic heterocycles. The Morgan fingerprint density at radius 3 is 1.21 bits per heavy atom. The third-order valence-corrected chi connectivity index (χ3v) is 19.0. The van der Waals surface area contributed by atoms with E-state index in [1.165, 1.54) is 40.8 Å². The number of alkyl halides is 1. The van der Waals surface area contributed by atoms with Crippen LogP contribution in [0.1, 0.15) is 98.4 Å². The predicted molar refractivity (Wildman–Crippen MR) is 393 cm³/mol. The molecule has 0 unspecified atom stereocenters. The number of benzene rings is 3. The van der Waals surface area contributed by atoms with Crippen molar-refractivity contribution >= 4 is 147 Å². The zero-order valence-corrected chi connectivity index (χ0v) is 64.0. The molecule has 8 rings (SSSR count). The Morgan fingerprint density at radius 2 is 0.894 bits per heavy atom. The summed E-state index contributed by atoms with van der Waals surface area (Å²) in [6, 6.07) is 37.3. The monoisotopic (exact) mass is 1620 g/mol. The molecule has 94 heavy (non-hydrogen) atoms. The van der Waals surface area contributed by atoms with Crippen molar-refractivity contribution in [3.05, 3.63) is 210 Å². The molecule has 0 saturated carbocycles. The number of nitrogens with zero attached hydrogens (tertiary/aromatic N) is 7.